The lowest BCUT2D eigenvalue weighted by atomic mass is 9.99. The third kappa shape index (κ3) is 5.69. The maximum atomic E-state index is 12.6. The van der Waals surface area contributed by atoms with Gasteiger partial charge < -0.3 is 14.5 Å². The zero-order valence-electron chi connectivity index (χ0n) is 19.5. The van der Waals surface area contributed by atoms with Gasteiger partial charge in [0.15, 0.2) is 11.0 Å². The number of rotatable bonds is 10. The highest BCUT2D eigenvalue weighted by Gasteiger charge is 2.17. The second-order valence-corrected chi connectivity index (χ2v) is 8.91. The molecule has 1 atom stereocenters. The second-order valence-electron chi connectivity index (χ2n) is 7.97. The Morgan fingerprint density at radius 1 is 1.15 bits per heavy atom. The standard InChI is InChI=1S/C26H28N4O3S/c1-4-18(2)19-10-12-21(13-11-19)27-24(31)17-34-26-29-28-25(20-7-5-8-22(15-20)32-3)30(26)16-23-9-6-14-33-23/h5-15,18H,4,16-17H2,1-3H3,(H,27,31)/t18-/m1/s1. The maximum absolute atomic E-state index is 12.6. The summed E-state index contributed by atoms with van der Waals surface area (Å²) in [5, 5.41) is 12.4. The van der Waals surface area contributed by atoms with Crippen molar-refractivity contribution >= 4 is 23.4 Å². The molecule has 0 aliphatic heterocycles. The highest BCUT2D eigenvalue weighted by molar-refractivity contribution is 7.99. The average molecular weight is 477 g/mol. The van der Waals surface area contributed by atoms with Gasteiger partial charge >= 0.3 is 0 Å². The number of hydrogen-bond acceptors (Lipinski definition) is 6. The van der Waals surface area contributed by atoms with E-state index < -0.39 is 0 Å². The van der Waals surface area contributed by atoms with E-state index in [9.17, 15) is 4.79 Å². The van der Waals surface area contributed by atoms with Gasteiger partial charge in [0.25, 0.3) is 0 Å². The molecule has 1 N–H and O–H groups in total. The van der Waals surface area contributed by atoms with E-state index in [1.165, 1.54) is 17.3 Å². The number of methoxy groups -OCH3 is 1. The van der Waals surface area contributed by atoms with Gasteiger partial charge in [-0.3, -0.25) is 9.36 Å². The molecule has 0 fully saturated rings. The van der Waals surface area contributed by atoms with E-state index >= 15 is 0 Å². The number of hydrogen-bond donors (Lipinski definition) is 1. The van der Waals surface area contributed by atoms with Gasteiger partial charge in [0, 0.05) is 11.3 Å². The molecule has 7 nitrogen and oxygen atoms in total. The fourth-order valence-electron chi connectivity index (χ4n) is 3.53. The van der Waals surface area contributed by atoms with Crippen molar-refractivity contribution in [2.75, 3.05) is 18.2 Å². The molecule has 1 amide bonds. The lowest BCUT2D eigenvalue weighted by Crippen LogP contribution is -2.15. The summed E-state index contributed by atoms with van der Waals surface area (Å²) in [6.07, 6.45) is 2.72. The minimum Gasteiger partial charge on any atom is -0.497 e. The Hall–Kier alpha value is -3.52. The predicted molar refractivity (Wildman–Crippen MR) is 134 cm³/mol. The van der Waals surface area contributed by atoms with Crippen molar-refractivity contribution in [3.8, 4) is 17.1 Å². The summed E-state index contributed by atoms with van der Waals surface area (Å²) >= 11 is 1.34. The lowest BCUT2D eigenvalue weighted by molar-refractivity contribution is -0.113. The van der Waals surface area contributed by atoms with E-state index in [4.69, 9.17) is 9.15 Å². The zero-order valence-corrected chi connectivity index (χ0v) is 20.3. The van der Waals surface area contributed by atoms with Crippen molar-refractivity contribution in [2.24, 2.45) is 0 Å². The Morgan fingerprint density at radius 3 is 2.68 bits per heavy atom. The number of anilines is 1. The molecule has 2 aromatic heterocycles. The Balaban J connectivity index is 1.48. The number of aromatic nitrogens is 3. The summed E-state index contributed by atoms with van der Waals surface area (Å²) in [4.78, 5) is 12.6. The minimum absolute atomic E-state index is 0.100. The molecule has 176 valence electrons. The van der Waals surface area contributed by atoms with E-state index in [0.29, 0.717) is 23.4 Å². The van der Waals surface area contributed by atoms with Crippen LogP contribution in [0.2, 0.25) is 0 Å². The van der Waals surface area contributed by atoms with Crippen LogP contribution in [0.25, 0.3) is 11.4 Å². The van der Waals surface area contributed by atoms with E-state index in [2.05, 4.69) is 41.5 Å². The van der Waals surface area contributed by atoms with Crippen molar-refractivity contribution in [1.82, 2.24) is 14.8 Å². The summed E-state index contributed by atoms with van der Waals surface area (Å²) in [5.74, 6) is 2.80. The average Bonchev–Trinajstić information content (AvgIpc) is 3.53. The Bertz CT molecular complexity index is 1220. The first-order valence-electron chi connectivity index (χ1n) is 11.2. The van der Waals surface area contributed by atoms with Crippen LogP contribution in [0.3, 0.4) is 0 Å². The summed E-state index contributed by atoms with van der Waals surface area (Å²) < 4.78 is 12.9. The molecule has 0 saturated carbocycles. The number of nitrogens with one attached hydrogen (secondary N) is 1. The Kier molecular flexibility index (Phi) is 7.69. The molecule has 4 aromatic rings. The molecule has 0 unspecified atom stereocenters. The van der Waals surface area contributed by atoms with Crippen LogP contribution in [-0.4, -0.2) is 33.5 Å². The van der Waals surface area contributed by atoms with Crippen molar-refractivity contribution < 1.29 is 13.9 Å². The van der Waals surface area contributed by atoms with Gasteiger partial charge in [-0.2, -0.15) is 0 Å². The highest BCUT2D eigenvalue weighted by Crippen LogP contribution is 2.28. The number of nitrogens with zero attached hydrogens (tertiary/aromatic N) is 3. The van der Waals surface area contributed by atoms with Crippen LogP contribution in [0.15, 0.2) is 76.5 Å². The third-order valence-corrected chi connectivity index (χ3v) is 6.61. The van der Waals surface area contributed by atoms with Crippen molar-refractivity contribution in [3.05, 3.63) is 78.3 Å². The SMILES string of the molecule is CC[C@@H](C)c1ccc(NC(=O)CSc2nnc(-c3cccc(OC)c3)n2Cc2ccco2)cc1. The van der Waals surface area contributed by atoms with E-state index in [1.807, 2.05) is 53.1 Å². The van der Waals surface area contributed by atoms with Crippen LogP contribution in [0.5, 0.6) is 5.75 Å². The van der Waals surface area contributed by atoms with Gasteiger partial charge in [-0.05, 0) is 54.3 Å². The van der Waals surface area contributed by atoms with Gasteiger partial charge in [-0.15, -0.1) is 10.2 Å². The summed E-state index contributed by atoms with van der Waals surface area (Å²) in [7, 11) is 1.63. The zero-order chi connectivity index (χ0) is 23.9. The largest absolute Gasteiger partial charge is 0.497 e. The maximum Gasteiger partial charge on any atom is 0.234 e. The molecule has 0 aliphatic rings. The first-order chi connectivity index (χ1) is 16.6. The van der Waals surface area contributed by atoms with Crippen molar-refractivity contribution in [2.45, 2.75) is 37.9 Å². The minimum atomic E-state index is -0.100. The van der Waals surface area contributed by atoms with Crippen LogP contribution in [-0.2, 0) is 11.3 Å². The molecule has 0 spiro atoms. The number of amides is 1. The summed E-state index contributed by atoms with van der Waals surface area (Å²) in [5.41, 5.74) is 2.92. The van der Waals surface area contributed by atoms with Crippen LogP contribution < -0.4 is 10.1 Å². The van der Waals surface area contributed by atoms with E-state index in [1.54, 1.807) is 13.4 Å². The Labute approximate surface area is 203 Å². The molecule has 8 heteroatoms. The van der Waals surface area contributed by atoms with Crippen molar-refractivity contribution in [1.29, 1.82) is 0 Å². The smallest absolute Gasteiger partial charge is 0.234 e. The van der Waals surface area contributed by atoms with Gasteiger partial charge in [-0.1, -0.05) is 49.9 Å². The highest BCUT2D eigenvalue weighted by atomic mass is 32.2. The third-order valence-electron chi connectivity index (χ3n) is 5.65. The van der Waals surface area contributed by atoms with Crippen molar-refractivity contribution in [3.63, 3.8) is 0 Å². The summed E-state index contributed by atoms with van der Waals surface area (Å²) in [6.45, 7) is 4.82. The molecule has 2 aromatic carbocycles. The molecular weight excluding hydrogens is 448 g/mol. The van der Waals surface area contributed by atoms with Gasteiger partial charge in [-0.25, -0.2) is 0 Å². The fraction of sp³-hybridized carbons (Fsp3) is 0.269. The normalized spacial score (nSPS) is 11.9. The molecule has 0 aliphatic carbocycles. The quantitative estimate of drug-likeness (QED) is 0.290. The van der Waals surface area contributed by atoms with Gasteiger partial charge in [0.1, 0.15) is 11.5 Å². The van der Waals surface area contributed by atoms with Gasteiger partial charge in [0.05, 0.1) is 25.7 Å². The van der Waals surface area contributed by atoms with Crippen LogP contribution in [0.1, 0.15) is 37.5 Å². The number of benzene rings is 2. The monoisotopic (exact) mass is 476 g/mol. The Morgan fingerprint density at radius 2 is 1.97 bits per heavy atom. The number of carbonyl (C=O) groups is 1. The number of thioether (sulfide) groups is 1. The van der Waals surface area contributed by atoms with Crippen LogP contribution in [0, 0.1) is 0 Å². The lowest BCUT2D eigenvalue weighted by Gasteiger charge is -2.11. The van der Waals surface area contributed by atoms with Crippen LogP contribution >= 0.6 is 11.8 Å². The van der Waals surface area contributed by atoms with Crippen LogP contribution in [0.4, 0.5) is 5.69 Å². The van der Waals surface area contributed by atoms with Gasteiger partial charge in [0.2, 0.25) is 5.91 Å². The molecule has 0 radical (unpaired) electrons. The second kappa shape index (κ2) is 11.1. The molecule has 4 rings (SSSR count). The first kappa shape index (κ1) is 23.6. The fourth-order valence-corrected chi connectivity index (χ4v) is 4.27. The topological polar surface area (TPSA) is 82.2 Å². The molecule has 0 saturated heterocycles. The number of carbonyl (C=O) groups excluding carboxylic acids is 1. The molecular formula is C26H28N4O3S. The molecule has 2 heterocycles. The number of furan rings is 1. The van der Waals surface area contributed by atoms with E-state index in [0.717, 1.165) is 29.2 Å². The first-order valence-corrected chi connectivity index (χ1v) is 12.2. The number of ether oxygens (including phenoxy) is 1. The predicted octanol–water partition coefficient (Wildman–Crippen LogP) is 5.84. The molecule has 34 heavy (non-hydrogen) atoms. The molecule has 0 bridgehead atoms. The van der Waals surface area contributed by atoms with E-state index in [-0.39, 0.29) is 11.7 Å². The summed E-state index contributed by atoms with van der Waals surface area (Å²) in [6, 6.07) is 19.4.